The van der Waals surface area contributed by atoms with Gasteiger partial charge in [-0.25, -0.2) is 9.67 Å². The third kappa shape index (κ3) is 2.80. The maximum atomic E-state index is 12.9. The summed E-state index contributed by atoms with van der Waals surface area (Å²) in [5.41, 5.74) is 4.21. The molecule has 0 fully saturated rings. The van der Waals surface area contributed by atoms with E-state index in [9.17, 15) is 4.79 Å². The molecule has 1 amide bonds. The average molecular weight is 357 g/mol. The molecule has 0 aromatic carbocycles. The van der Waals surface area contributed by atoms with Crippen LogP contribution in [0.4, 0.5) is 0 Å². The molecule has 8 heteroatoms. The molecule has 0 unspecified atom stereocenters. The summed E-state index contributed by atoms with van der Waals surface area (Å²) < 4.78 is 1.72. The van der Waals surface area contributed by atoms with Crippen LogP contribution >= 0.6 is 11.6 Å². The number of fused-ring (bicyclic) bond motifs is 1. The highest BCUT2D eigenvalue weighted by atomic mass is 35.5. The topological polar surface area (TPSA) is 79.7 Å². The van der Waals surface area contributed by atoms with Gasteiger partial charge in [0, 0.05) is 36.5 Å². The van der Waals surface area contributed by atoms with Crippen molar-refractivity contribution in [3.8, 4) is 5.82 Å². The fraction of sp³-hybridized carbons (Fsp3) is 0.294. The van der Waals surface area contributed by atoms with Crippen LogP contribution in [-0.2, 0) is 13.0 Å². The second-order valence-electron chi connectivity index (χ2n) is 6.19. The monoisotopic (exact) mass is 356 g/mol. The van der Waals surface area contributed by atoms with Gasteiger partial charge in [0.15, 0.2) is 5.82 Å². The third-order valence-electron chi connectivity index (χ3n) is 4.35. The van der Waals surface area contributed by atoms with Crippen LogP contribution in [-0.4, -0.2) is 42.3 Å². The summed E-state index contributed by atoms with van der Waals surface area (Å²) in [6, 6.07) is 5.42. The molecule has 0 saturated carbocycles. The van der Waals surface area contributed by atoms with Gasteiger partial charge < -0.3 is 4.90 Å². The van der Waals surface area contributed by atoms with Crippen LogP contribution in [0.1, 0.15) is 33.1 Å². The van der Waals surface area contributed by atoms with Crippen molar-refractivity contribution in [2.24, 2.45) is 0 Å². The van der Waals surface area contributed by atoms with Crippen molar-refractivity contribution in [1.82, 2.24) is 29.9 Å². The molecule has 3 aromatic rings. The van der Waals surface area contributed by atoms with Gasteiger partial charge in [-0.1, -0.05) is 11.6 Å². The lowest BCUT2D eigenvalue weighted by Gasteiger charge is -2.26. The summed E-state index contributed by atoms with van der Waals surface area (Å²) in [4.78, 5) is 19.2. The largest absolute Gasteiger partial charge is 0.332 e. The molecular formula is C17H17ClN6O. The highest BCUT2D eigenvalue weighted by Crippen LogP contribution is 2.22. The standard InChI is InChI=1S/C17H17ClN6O/c1-10-7-11(2)24(22-10)15-4-3-13(18)16(20-15)17(25)23-6-5-14-12(9-23)8-19-21-14/h3-4,7-8H,5-6,9H2,1-2H3,(H,19,21). The van der Waals surface area contributed by atoms with Crippen LogP contribution in [0.2, 0.25) is 5.02 Å². The molecule has 0 spiro atoms. The highest BCUT2D eigenvalue weighted by molar-refractivity contribution is 6.33. The number of aryl methyl sites for hydroxylation is 2. The molecule has 1 aliphatic rings. The molecule has 4 rings (SSSR count). The van der Waals surface area contributed by atoms with E-state index < -0.39 is 0 Å². The van der Waals surface area contributed by atoms with Crippen molar-refractivity contribution in [3.63, 3.8) is 0 Å². The molecule has 4 heterocycles. The summed E-state index contributed by atoms with van der Waals surface area (Å²) in [6.07, 6.45) is 2.51. The Bertz CT molecular complexity index is 960. The Morgan fingerprint density at radius 2 is 2.16 bits per heavy atom. The number of hydrogen-bond acceptors (Lipinski definition) is 4. The molecule has 25 heavy (non-hydrogen) atoms. The first-order chi connectivity index (χ1) is 12.0. The Balaban J connectivity index is 1.67. The summed E-state index contributed by atoms with van der Waals surface area (Å²) >= 11 is 6.26. The maximum absolute atomic E-state index is 12.9. The number of amides is 1. The first-order valence-corrected chi connectivity index (χ1v) is 8.41. The number of halogens is 1. The summed E-state index contributed by atoms with van der Waals surface area (Å²) in [5, 5.41) is 11.8. The Hall–Kier alpha value is -2.67. The predicted molar refractivity (Wildman–Crippen MR) is 92.9 cm³/mol. The van der Waals surface area contributed by atoms with Gasteiger partial charge in [-0.2, -0.15) is 10.2 Å². The summed E-state index contributed by atoms with van der Waals surface area (Å²) in [5.74, 6) is 0.402. The number of carbonyl (C=O) groups is 1. The number of nitrogens with one attached hydrogen (secondary N) is 1. The van der Waals surface area contributed by atoms with E-state index in [2.05, 4.69) is 20.3 Å². The lowest BCUT2D eigenvalue weighted by Crippen LogP contribution is -2.36. The molecule has 7 nitrogen and oxygen atoms in total. The van der Waals surface area contributed by atoms with Crippen molar-refractivity contribution < 1.29 is 4.79 Å². The zero-order valence-electron chi connectivity index (χ0n) is 14.0. The second-order valence-corrected chi connectivity index (χ2v) is 6.60. The first kappa shape index (κ1) is 15.8. The van der Waals surface area contributed by atoms with Crippen LogP contribution in [0.3, 0.4) is 0 Å². The Morgan fingerprint density at radius 3 is 2.92 bits per heavy atom. The summed E-state index contributed by atoms with van der Waals surface area (Å²) in [6.45, 7) is 4.98. The summed E-state index contributed by atoms with van der Waals surface area (Å²) in [7, 11) is 0. The number of nitrogens with zero attached hydrogens (tertiary/aromatic N) is 5. The van der Waals surface area contributed by atoms with Gasteiger partial charge in [0.2, 0.25) is 0 Å². The van der Waals surface area contributed by atoms with Gasteiger partial charge in [0.05, 0.1) is 16.9 Å². The lowest BCUT2D eigenvalue weighted by atomic mass is 10.1. The lowest BCUT2D eigenvalue weighted by molar-refractivity contribution is 0.0728. The van der Waals surface area contributed by atoms with E-state index in [1.165, 1.54) is 0 Å². The van der Waals surface area contributed by atoms with E-state index in [0.29, 0.717) is 23.9 Å². The zero-order valence-corrected chi connectivity index (χ0v) is 14.7. The van der Waals surface area contributed by atoms with Crippen molar-refractivity contribution >= 4 is 17.5 Å². The van der Waals surface area contributed by atoms with Gasteiger partial charge in [-0.3, -0.25) is 9.89 Å². The van der Waals surface area contributed by atoms with E-state index in [4.69, 9.17) is 11.6 Å². The number of aromatic nitrogens is 5. The van der Waals surface area contributed by atoms with Crippen LogP contribution in [0.15, 0.2) is 24.4 Å². The Labute approximate surface area is 149 Å². The molecule has 0 atom stereocenters. The normalized spacial score (nSPS) is 13.8. The van der Waals surface area contributed by atoms with Crippen LogP contribution in [0.5, 0.6) is 0 Å². The predicted octanol–water partition coefficient (Wildman–Crippen LogP) is 2.46. The van der Waals surface area contributed by atoms with Crippen LogP contribution in [0, 0.1) is 13.8 Å². The number of pyridine rings is 1. The van der Waals surface area contributed by atoms with E-state index in [-0.39, 0.29) is 11.6 Å². The Morgan fingerprint density at radius 1 is 1.32 bits per heavy atom. The smallest absolute Gasteiger partial charge is 0.274 e. The fourth-order valence-corrected chi connectivity index (χ4v) is 3.29. The van der Waals surface area contributed by atoms with E-state index >= 15 is 0 Å². The van der Waals surface area contributed by atoms with Gasteiger partial charge in [0.25, 0.3) is 5.91 Å². The van der Waals surface area contributed by atoms with E-state index in [1.807, 2.05) is 19.9 Å². The molecule has 1 aliphatic heterocycles. The van der Waals surface area contributed by atoms with Crippen molar-refractivity contribution in [2.75, 3.05) is 6.54 Å². The van der Waals surface area contributed by atoms with Gasteiger partial charge in [-0.05, 0) is 32.0 Å². The molecule has 0 saturated heterocycles. The SMILES string of the molecule is Cc1cc(C)n(-c2ccc(Cl)c(C(=O)N3CCc4[nH]ncc4C3)n2)n1. The fourth-order valence-electron chi connectivity index (χ4n) is 3.11. The van der Waals surface area contributed by atoms with Gasteiger partial charge in [0.1, 0.15) is 5.69 Å². The van der Waals surface area contributed by atoms with Crippen LogP contribution < -0.4 is 0 Å². The Kier molecular flexibility index (Phi) is 3.80. The first-order valence-electron chi connectivity index (χ1n) is 8.03. The molecule has 128 valence electrons. The highest BCUT2D eigenvalue weighted by Gasteiger charge is 2.26. The number of H-pyrrole nitrogens is 1. The molecule has 1 N–H and O–H groups in total. The minimum Gasteiger partial charge on any atom is -0.332 e. The quantitative estimate of drug-likeness (QED) is 0.765. The van der Waals surface area contributed by atoms with Crippen molar-refractivity contribution in [3.05, 3.63) is 57.8 Å². The second kappa shape index (κ2) is 6.00. The van der Waals surface area contributed by atoms with Crippen molar-refractivity contribution in [2.45, 2.75) is 26.8 Å². The average Bonchev–Trinajstić information content (AvgIpc) is 3.20. The third-order valence-corrected chi connectivity index (χ3v) is 4.65. The maximum Gasteiger partial charge on any atom is 0.274 e. The van der Waals surface area contributed by atoms with Gasteiger partial charge >= 0.3 is 0 Å². The van der Waals surface area contributed by atoms with E-state index in [0.717, 1.165) is 29.1 Å². The number of hydrogen-bond donors (Lipinski definition) is 1. The number of aromatic amines is 1. The van der Waals surface area contributed by atoms with Crippen molar-refractivity contribution in [1.29, 1.82) is 0 Å². The molecule has 3 aromatic heterocycles. The minimum absolute atomic E-state index is 0.180. The zero-order chi connectivity index (χ0) is 17.6. The van der Waals surface area contributed by atoms with E-state index in [1.54, 1.807) is 27.9 Å². The molecule has 0 radical (unpaired) electrons. The molecule has 0 aliphatic carbocycles. The van der Waals surface area contributed by atoms with Gasteiger partial charge in [-0.15, -0.1) is 0 Å². The molecule has 0 bridgehead atoms. The number of rotatable bonds is 2. The minimum atomic E-state index is -0.180. The van der Waals surface area contributed by atoms with Crippen LogP contribution in [0.25, 0.3) is 5.82 Å². The number of carbonyl (C=O) groups excluding carboxylic acids is 1. The molecular weight excluding hydrogens is 340 g/mol.